The average molecular weight is 925 g/mol. The van der Waals surface area contributed by atoms with Crippen LogP contribution in [0.5, 0.6) is 11.5 Å². The van der Waals surface area contributed by atoms with E-state index in [1.807, 2.05) is 43.9 Å². The molecule has 0 spiro atoms. The van der Waals surface area contributed by atoms with Crippen LogP contribution in [0.25, 0.3) is 16.7 Å². The van der Waals surface area contributed by atoms with Gasteiger partial charge in [0, 0.05) is 94.3 Å². The first-order valence-electron chi connectivity index (χ1n) is 23.1. The standard InChI is InChI=1S/C53H64N8O7/c1-33(2)58-52(3,4)21-23-68-53(5,6)38-17-13-34(14-18-38)36-24-41-29-55-43-28-47(46(66-10)27-42(43)51(65)61(41)31-36)67-22-11-12-48(62)56-40-26-45(60(9)32-40)50(64)57-39-19-15-35(16-20-39)37-25-44(49(63)54-7)59(8)30-37/h13-20,25-33,41,58H,11-12,21-24H2,1-10H3,(H,54,63)(H,56,62)(H,57,64). The first-order valence-corrected chi connectivity index (χ1v) is 23.1. The van der Waals surface area contributed by atoms with Gasteiger partial charge < -0.3 is 49.5 Å². The fraction of sp³-hybridized carbons (Fsp3) is 0.377. The highest BCUT2D eigenvalue weighted by Gasteiger charge is 2.34. The van der Waals surface area contributed by atoms with Crippen molar-refractivity contribution in [3.05, 3.63) is 119 Å². The highest BCUT2D eigenvalue weighted by molar-refractivity contribution is 6.06. The van der Waals surface area contributed by atoms with Crippen LogP contribution in [0.15, 0.2) is 96.4 Å². The van der Waals surface area contributed by atoms with E-state index in [-0.39, 0.29) is 48.2 Å². The molecule has 358 valence electrons. The smallest absolute Gasteiger partial charge is 0.272 e. The maximum atomic E-state index is 14.0. The Bertz CT molecular complexity index is 2730. The third-order valence-electron chi connectivity index (χ3n) is 12.3. The van der Waals surface area contributed by atoms with Crippen LogP contribution in [0.3, 0.4) is 0 Å². The minimum atomic E-state index is -0.463. The Morgan fingerprint density at radius 2 is 1.50 bits per heavy atom. The van der Waals surface area contributed by atoms with Gasteiger partial charge in [-0.3, -0.25) is 24.2 Å². The van der Waals surface area contributed by atoms with E-state index in [2.05, 4.69) is 87.1 Å². The lowest BCUT2D eigenvalue weighted by atomic mass is 9.94. The predicted molar refractivity (Wildman–Crippen MR) is 267 cm³/mol. The number of methoxy groups -OCH3 is 1. The number of benzene rings is 3. The number of hydrogen-bond acceptors (Lipinski definition) is 9. The Morgan fingerprint density at radius 1 is 0.809 bits per heavy atom. The normalized spacial score (nSPS) is 14.6. The molecule has 0 aliphatic carbocycles. The molecule has 15 nitrogen and oxygen atoms in total. The highest BCUT2D eigenvalue weighted by Crippen LogP contribution is 2.40. The Balaban J connectivity index is 0.895. The Morgan fingerprint density at radius 3 is 2.19 bits per heavy atom. The van der Waals surface area contributed by atoms with E-state index in [1.165, 1.54) is 7.11 Å². The second kappa shape index (κ2) is 20.5. The summed E-state index contributed by atoms with van der Waals surface area (Å²) in [6.45, 7) is 13.7. The van der Waals surface area contributed by atoms with Crippen LogP contribution in [0.4, 0.5) is 17.1 Å². The van der Waals surface area contributed by atoms with Gasteiger partial charge in [0.15, 0.2) is 11.5 Å². The van der Waals surface area contributed by atoms with Gasteiger partial charge in [-0.15, -0.1) is 0 Å². The molecule has 3 aromatic carbocycles. The fourth-order valence-electron chi connectivity index (χ4n) is 8.67. The molecule has 15 heteroatoms. The molecule has 1 unspecified atom stereocenters. The lowest BCUT2D eigenvalue weighted by molar-refractivity contribution is -0.116. The Labute approximate surface area is 398 Å². The van der Waals surface area contributed by atoms with E-state index in [0.29, 0.717) is 71.0 Å². The molecule has 7 rings (SSSR count). The van der Waals surface area contributed by atoms with Crippen LogP contribution in [-0.2, 0) is 29.2 Å². The molecule has 0 fully saturated rings. The van der Waals surface area contributed by atoms with Gasteiger partial charge in [0.1, 0.15) is 11.4 Å². The Hall–Kier alpha value is -6.97. The molecule has 0 bridgehead atoms. The van der Waals surface area contributed by atoms with E-state index in [9.17, 15) is 19.2 Å². The van der Waals surface area contributed by atoms with Gasteiger partial charge >= 0.3 is 0 Å². The van der Waals surface area contributed by atoms with Gasteiger partial charge in [-0.2, -0.15) is 0 Å². The van der Waals surface area contributed by atoms with Gasteiger partial charge in [0.2, 0.25) is 5.91 Å². The van der Waals surface area contributed by atoms with Gasteiger partial charge in [-0.05, 0) is 93.1 Å². The van der Waals surface area contributed by atoms with E-state index in [0.717, 1.165) is 34.2 Å². The largest absolute Gasteiger partial charge is 0.493 e. The van der Waals surface area contributed by atoms with Crippen molar-refractivity contribution in [1.82, 2.24) is 24.7 Å². The number of ether oxygens (including phenoxy) is 3. The van der Waals surface area contributed by atoms with Crippen molar-refractivity contribution in [2.45, 2.75) is 90.4 Å². The zero-order chi connectivity index (χ0) is 48.9. The van der Waals surface area contributed by atoms with Crippen LogP contribution in [0.1, 0.15) is 110 Å². The van der Waals surface area contributed by atoms with Gasteiger partial charge in [-0.25, -0.2) is 0 Å². The van der Waals surface area contributed by atoms with E-state index >= 15 is 0 Å². The van der Waals surface area contributed by atoms with Crippen molar-refractivity contribution < 1.29 is 33.4 Å². The molecule has 2 aliphatic heterocycles. The first kappa shape index (κ1) is 48.9. The van der Waals surface area contributed by atoms with E-state index in [4.69, 9.17) is 19.2 Å². The maximum Gasteiger partial charge on any atom is 0.272 e. The number of aliphatic imine (C=N–C) groups is 1. The number of nitrogens with one attached hydrogen (secondary N) is 4. The second-order valence-corrected chi connectivity index (χ2v) is 18.9. The van der Waals surface area contributed by atoms with Crippen LogP contribution in [0, 0.1) is 0 Å². The number of nitrogens with zero attached hydrogens (tertiary/aromatic N) is 4. The van der Waals surface area contributed by atoms with Crippen molar-refractivity contribution in [3.63, 3.8) is 0 Å². The van der Waals surface area contributed by atoms with Crippen LogP contribution in [-0.4, -0.2) is 88.9 Å². The number of rotatable bonds is 19. The topological polar surface area (TPSA) is 170 Å². The summed E-state index contributed by atoms with van der Waals surface area (Å²) in [6.07, 6.45) is 9.34. The third-order valence-corrected chi connectivity index (χ3v) is 12.3. The molecule has 4 heterocycles. The summed E-state index contributed by atoms with van der Waals surface area (Å²) in [7, 11) is 6.66. The number of fused-ring (bicyclic) bond motifs is 2. The molecule has 4 N–H and O–H groups in total. The van der Waals surface area contributed by atoms with Crippen LogP contribution < -0.4 is 30.7 Å². The summed E-state index contributed by atoms with van der Waals surface area (Å²) < 4.78 is 21.5. The second-order valence-electron chi connectivity index (χ2n) is 18.9. The molecular formula is C53H64N8O7. The number of amides is 4. The molecule has 1 atom stereocenters. The molecule has 68 heavy (non-hydrogen) atoms. The SMILES string of the molecule is CNC(=O)c1cc(-c2ccc(NC(=O)c3cc(NC(=O)CCCOc4cc5c(cc4OC)C(=O)N4C=C(c6ccc(C(C)(C)OCCC(C)(C)NC(C)C)cc6)CC4C=N5)cn3C)cc2)cn1C. The summed E-state index contributed by atoms with van der Waals surface area (Å²) in [5.41, 5.74) is 7.32. The minimum absolute atomic E-state index is 0.0222. The van der Waals surface area contributed by atoms with Crippen molar-refractivity contribution in [2.24, 2.45) is 19.1 Å². The lowest BCUT2D eigenvalue weighted by Crippen LogP contribution is -2.44. The number of carbonyl (C=O) groups is 4. The van der Waals surface area contributed by atoms with Crippen molar-refractivity contribution in [2.75, 3.05) is 38.0 Å². The summed E-state index contributed by atoms with van der Waals surface area (Å²) in [4.78, 5) is 58.8. The maximum absolute atomic E-state index is 14.0. The molecule has 0 saturated carbocycles. The van der Waals surface area contributed by atoms with E-state index < -0.39 is 5.60 Å². The number of aromatic nitrogens is 2. The van der Waals surface area contributed by atoms with E-state index in [1.54, 1.807) is 64.7 Å². The molecular weight excluding hydrogens is 861 g/mol. The number of carbonyl (C=O) groups excluding carboxylic acids is 4. The highest BCUT2D eigenvalue weighted by atomic mass is 16.5. The van der Waals surface area contributed by atoms with Crippen molar-refractivity contribution >= 4 is 52.5 Å². The van der Waals surface area contributed by atoms with Crippen LogP contribution in [0.2, 0.25) is 0 Å². The number of anilines is 2. The molecule has 5 aromatic rings. The minimum Gasteiger partial charge on any atom is -0.493 e. The monoisotopic (exact) mass is 924 g/mol. The Kier molecular flexibility index (Phi) is 14.8. The third kappa shape index (κ3) is 11.4. The summed E-state index contributed by atoms with van der Waals surface area (Å²) in [5, 5.41) is 12.0. The van der Waals surface area contributed by atoms with Crippen molar-refractivity contribution in [3.8, 4) is 22.6 Å². The molecule has 4 amide bonds. The lowest BCUT2D eigenvalue weighted by Gasteiger charge is -2.32. The van der Waals surface area contributed by atoms with Gasteiger partial charge in [0.25, 0.3) is 17.7 Å². The fourth-order valence-corrected chi connectivity index (χ4v) is 8.67. The molecule has 2 aliphatic rings. The number of hydrogen-bond donors (Lipinski definition) is 4. The summed E-state index contributed by atoms with van der Waals surface area (Å²) in [5.74, 6) is -0.125. The average Bonchev–Trinajstić information content (AvgIpc) is 4.00. The van der Waals surface area contributed by atoms with Gasteiger partial charge in [-0.1, -0.05) is 50.2 Å². The summed E-state index contributed by atoms with van der Waals surface area (Å²) >= 11 is 0. The molecule has 2 aromatic heterocycles. The zero-order valence-electron chi connectivity index (χ0n) is 40.8. The molecule has 0 saturated heterocycles. The van der Waals surface area contributed by atoms with Gasteiger partial charge in [0.05, 0.1) is 42.3 Å². The first-order chi connectivity index (χ1) is 32.3. The number of aryl methyl sites for hydroxylation is 2. The summed E-state index contributed by atoms with van der Waals surface area (Å²) in [6, 6.07) is 22.7. The quantitative estimate of drug-likeness (QED) is 0.0596. The predicted octanol–water partition coefficient (Wildman–Crippen LogP) is 8.84. The van der Waals surface area contributed by atoms with Crippen LogP contribution >= 0.6 is 0 Å². The zero-order valence-corrected chi connectivity index (χ0v) is 40.8. The van der Waals surface area contributed by atoms with Crippen molar-refractivity contribution in [1.29, 1.82) is 0 Å². The molecule has 0 radical (unpaired) electrons.